The van der Waals surface area contributed by atoms with E-state index < -0.39 is 23.7 Å². The van der Waals surface area contributed by atoms with E-state index in [0.717, 1.165) is 0 Å². The van der Waals surface area contributed by atoms with Crippen molar-refractivity contribution in [2.45, 2.75) is 6.42 Å². The van der Waals surface area contributed by atoms with Crippen LogP contribution in [0.15, 0.2) is 0 Å². The molecule has 0 N–H and O–H groups in total. The van der Waals surface area contributed by atoms with Gasteiger partial charge in [0.05, 0.1) is 23.7 Å². The van der Waals surface area contributed by atoms with Gasteiger partial charge in [0.15, 0.2) is 0 Å². The molecule has 0 aromatic carbocycles. The van der Waals surface area contributed by atoms with Gasteiger partial charge in [-0.25, -0.2) is 0 Å². The predicted octanol–water partition coefficient (Wildman–Crippen LogP) is -1.39. The minimum Gasteiger partial charge on any atom is -0.282 e. The lowest BCUT2D eigenvalue weighted by Crippen LogP contribution is -2.50. The molecule has 0 spiro atoms. The van der Waals surface area contributed by atoms with Gasteiger partial charge in [0.25, 0.3) is 0 Å². The number of carbonyl (C=O) groups excluding carboxylic acids is 4. The Bertz CT molecular complexity index is 408. The van der Waals surface area contributed by atoms with E-state index in [9.17, 15) is 19.2 Å². The van der Waals surface area contributed by atoms with E-state index in [0.29, 0.717) is 19.5 Å². The van der Waals surface area contributed by atoms with E-state index in [-0.39, 0.29) is 23.6 Å². The third-order valence-corrected chi connectivity index (χ3v) is 4.52. The summed E-state index contributed by atoms with van der Waals surface area (Å²) in [4.78, 5) is 50.5. The van der Waals surface area contributed by atoms with Crippen LogP contribution in [0.4, 0.5) is 0 Å². The monoisotopic (exact) mass is 234 g/mol. The zero-order valence-electron chi connectivity index (χ0n) is 8.96. The van der Waals surface area contributed by atoms with E-state index >= 15 is 0 Å². The van der Waals surface area contributed by atoms with Crippen molar-refractivity contribution < 1.29 is 19.2 Å². The van der Waals surface area contributed by atoms with Crippen molar-refractivity contribution in [3.63, 3.8) is 0 Å². The Kier molecular flexibility index (Phi) is 1.41. The van der Waals surface area contributed by atoms with E-state index in [1.807, 2.05) is 0 Å². The van der Waals surface area contributed by atoms with Crippen LogP contribution in [0, 0.1) is 23.7 Å². The summed E-state index contributed by atoms with van der Waals surface area (Å²) in [5.74, 6) is -3.17. The molecule has 0 aromatic rings. The van der Waals surface area contributed by atoms with E-state index in [2.05, 4.69) is 0 Å². The first-order valence-corrected chi connectivity index (χ1v) is 5.83. The first-order chi connectivity index (χ1) is 8.13. The quantitative estimate of drug-likeness (QED) is 0.483. The highest BCUT2D eigenvalue weighted by molar-refractivity contribution is 6.18. The molecular weight excluding hydrogens is 224 g/mol. The van der Waals surface area contributed by atoms with Crippen molar-refractivity contribution in [1.82, 2.24) is 9.80 Å². The summed E-state index contributed by atoms with van der Waals surface area (Å²) in [7, 11) is 0. The molecule has 5 fully saturated rings. The van der Waals surface area contributed by atoms with E-state index in [1.54, 1.807) is 0 Å². The Morgan fingerprint density at radius 2 is 0.941 bits per heavy atom. The molecule has 0 atom stereocenters. The fourth-order valence-electron chi connectivity index (χ4n) is 3.74. The molecule has 88 valence electrons. The average Bonchev–Trinajstić information content (AvgIpc) is 2.58. The van der Waals surface area contributed by atoms with Gasteiger partial charge in [-0.05, 0) is 6.42 Å². The van der Waals surface area contributed by atoms with Crippen LogP contribution < -0.4 is 0 Å². The molecule has 4 heterocycles. The third-order valence-electron chi connectivity index (χ3n) is 4.52. The van der Waals surface area contributed by atoms with E-state index in [1.165, 1.54) is 9.80 Å². The summed E-state index contributed by atoms with van der Waals surface area (Å²) in [6, 6.07) is 0. The fourth-order valence-corrected chi connectivity index (χ4v) is 3.74. The van der Waals surface area contributed by atoms with Gasteiger partial charge in [-0.2, -0.15) is 0 Å². The van der Waals surface area contributed by atoms with Crippen molar-refractivity contribution in [3.8, 4) is 0 Å². The summed E-state index contributed by atoms with van der Waals surface area (Å²) in [5.41, 5.74) is 0. The van der Waals surface area contributed by atoms with Crippen LogP contribution in [-0.2, 0) is 19.2 Å². The average molecular weight is 234 g/mol. The molecule has 4 aliphatic heterocycles. The van der Waals surface area contributed by atoms with Crippen molar-refractivity contribution in [1.29, 1.82) is 0 Å². The van der Waals surface area contributed by atoms with Crippen molar-refractivity contribution in [2.24, 2.45) is 23.7 Å². The van der Waals surface area contributed by atoms with Crippen molar-refractivity contribution in [2.75, 3.05) is 13.1 Å². The minimum atomic E-state index is -0.549. The lowest BCUT2D eigenvalue weighted by atomic mass is 9.59. The SMILES string of the molecule is O=C1C2C3C(=O)N1CCCN1C(=O)C2C3C1=O. The highest BCUT2D eigenvalue weighted by atomic mass is 16.2. The van der Waals surface area contributed by atoms with Crippen LogP contribution in [0.3, 0.4) is 0 Å². The molecule has 5 aliphatic rings. The minimum absolute atomic E-state index is 0.244. The zero-order chi connectivity index (χ0) is 11.9. The van der Waals surface area contributed by atoms with Gasteiger partial charge in [-0.15, -0.1) is 0 Å². The lowest BCUT2D eigenvalue weighted by Gasteiger charge is -2.36. The molecule has 6 heteroatoms. The molecule has 4 amide bonds. The van der Waals surface area contributed by atoms with Gasteiger partial charge >= 0.3 is 0 Å². The number of carbonyl (C=O) groups is 4. The summed E-state index contributed by atoms with van der Waals surface area (Å²) in [6.45, 7) is 0.669. The maximum absolute atomic E-state index is 12.0. The largest absolute Gasteiger partial charge is 0.282 e. The van der Waals surface area contributed by atoms with Gasteiger partial charge in [-0.3, -0.25) is 29.0 Å². The predicted molar refractivity (Wildman–Crippen MR) is 52.0 cm³/mol. The Balaban J connectivity index is 1.90. The summed E-state index contributed by atoms with van der Waals surface area (Å²) >= 11 is 0. The van der Waals surface area contributed by atoms with Crippen LogP contribution in [0.5, 0.6) is 0 Å². The van der Waals surface area contributed by atoms with Crippen LogP contribution in [0.2, 0.25) is 0 Å². The topological polar surface area (TPSA) is 74.8 Å². The number of nitrogens with zero attached hydrogens (tertiary/aromatic N) is 2. The van der Waals surface area contributed by atoms with Crippen molar-refractivity contribution >= 4 is 23.6 Å². The second-order valence-corrected chi connectivity index (χ2v) is 5.11. The van der Waals surface area contributed by atoms with E-state index in [4.69, 9.17) is 0 Å². The summed E-state index contributed by atoms with van der Waals surface area (Å²) < 4.78 is 0. The zero-order valence-corrected chi connectivity index (χ0v) is 8.96. The molecule has 0 aromatic heterocycles. The van der Waals surface area contributed by atoms with Crippen LogP contribution in [-0.4, -0.2) is 46.5 Å². The Labute approximate surface area is 96.5 Å². The van der Waals surface area contributed by atoms with Gasteiger partial charge in [0.2, 0.25) is 23.6 Å². The number of hydrogen-bond acceptors (Lipinski definition) is 4. The number of rotatable bonds is 0. The highest BCUT2D eigenvalue weighted by Crippen LogP contribution is 2.56. The van der Waals surface area contributed by atoms with Gasteiger partial charge < -0.3 is 0 Å². The molecular formula is C11H10N2O4. The first kappa shape index (κ1) is 9.32. The van der Waals surface area contributed by atoms with Gasteiger partial charge in [0.1, 0.15) is 0 Å². The first-order valence-electron chi connectivity index (χ1n) is 5.83. The normalized spacial score (nSPS) is 42.8. The molecule has 6 bridgehead atoms. The van der Waals surface area contributed by atoms with Crippen molar-refractivity contribution in [3.05, 3.63) is 0 Å². The van der Waals surface area contributed by atoms with Gasteiger partial charge in [-0.1, -0.05) is 0 Å². The molecule has 17 heavy (non-hydrogen) atoms. The Morgan fingerprint density at radius 1 is 0.647 bits per heavy atom. The maximum atomic E-state index is 12.0. The molecule has 0 radical (unpaired) electrons. The second-order valence-electron chi connectivity index (χ2n) is 5.11. The molecule has 1 saturated carbocycles. The Morgan fingerprint density at radius 3 is 1.24 bits per heavy atom. The molecule has 5 rings (SSSR count). The number of imide groups is 2. The van der Waals surface area contributed by atoms with Crippen LogP contribution in [0.25, 0.3) is 0 Å². The maximum Gasteiger partial charge on any atom is 0.233 e. The fraction of sp³-hybridized carbons (Fsp3) is 0.636. The molecule has 0 unspecified atom stereocenters. The standard InChI is InChI=1S/C11H10N2O4/c14-8-4-5-7-6(4)10(16)13(11(7)17)3-1-2-12(8)9(5)15/h4-7H,1-3H2. The molecule has 1 aliphatic carbocycles. The smallest absolute Gasteiger partial charge is 0.233 e. The molecule has 6 nitrogen and oxygen atoms in total. The van der Waals surface area contributed by atoms with Crippen LogP contribution in [0.1, 0.15) is 6.42 Å². The van der Waals surface area contributed by atoms with Gasteiger partial charge in [0, 0.05) is 13.1 Å². The third kappa shape index (κ3) is 0.788. The second kappa shape index (κ2) is 2.57. The molecule has 4 saturated heterocycles. The number of fused-ring (bicyclic) bond motifs is 2. The number of hydrogen-bond donors (Lipinski definition) is 0. The highest BCUT2D eigenvalue weighted by Gasteiger charge is 2.73. The summed E-state index contributed by atoms with van der Waals surface area (Å²) in [5, 5.41) is 0. The number of amides is 4. The summed E-state index contributed by atoms with van der Waals surface area (Å²) in [6.07, 6.45) is 0.494. The van der Waals surface area contributed by atoms with Crippen LogP contribution >= 0.6 is 0 Å². The Hall–Kier alpha value is -1.72. The lowest BCUT2D eigenvalue weighted by molar-refractivity contribution is -0.146.